The first-order valence-electron chi connectivity index (χ1n) is 3.48. The first kappa shape index (κ1) is 6.99. The van der Waals surface area contributed by atoms with Crippen molar-refractivity contribution in [3.8, 4) is 0 Å². The summed E-state index contributed by atoms with van der Waals surface area (Å²) in [5.74, 6) is 0. The van der Waals surface area contributed by atoms with Crippen LogP contribution in [0.4, 0.5) is 0 Å². The van der Waals surface area contributed by atoms with Crippen molar-refractivity contribution in [1.29, 1.82) is 0 Å². The summed E-state index contributed by atoms with van der Waals surface area (Å²) in [5, 5.41) is 14.9. The smallest absolute Gasteiger partial charge is 0.0556 e. The Bertz CT molecular complexity index is 71.5. The second-order valence-corrected chi connectivity index (χ2v) is 2.37. The van der Waals surface area contributed by atoms with Gasteiger partial charge < -0.3 is 15.7 Å². The van der Waals surface area contributed by atoms with E-state index in [-0.39, 0.29) is 6.61 Å². The van der Waals surface area contributed by atoms with Gasteiger partial charge in [0.1, 0.15) is 0 Å². The van der Waals surface area contributed by atoms with Crippen LogP contribution in [-0.2, 0) is 0 Å². The van der Waals surface area contributed by atoms with E-state index < -0.39 is 0 Å². The number of rotatable bonds is 3. The molecule has 9 heavy (non-hydrogen) atoms. The van der Waals surface area contributed by atoms with Gasteiger partial charge in [0.2, 0.25) is 0 Å². The van der Waals surface area contributed by atoms with E-state index >= 15 is 0 Å². The number of hydrogen-bond acceptors (Lipinski definition) is 3. The van der Waals surface area contributed by atoms with Gasteiger partial charge in [-0.2, -0.15) is 0 Å². The quantitative estimate of drug-likeness (QED) is 0.456. The maximum absolute atomic E-state index is 8.44. The molecule has 0 radical (unpaired) electrons. The summed E-state index contributed by atoms with van der Waals surface area (Å²) in [4.78, 5) is 0. The number of aliphatic hydroxyl groups excluding tert-OH is 1. The van der Waals surface area contributed by atoms with Crippen LogP contribution in [0.25, 0.3) is 0 Å². The minimum absolute atomic E-state index is 0.247. The minimum atomic E-state index is 0.247. The number of nitrogens with one attached hydrogen (secondary N) is 2. The van der Waals surface area contributed by atoms with Gasteiger partial charge in [0.15, 0.2) is 0 Å². The van der Waals surface area contributed by atoms with Crippen LogP contribution in [0.15, 0.2) is 0 Å². The molecule has 3 N–H and O–H groups in total. The van der Waals surface area contributed by atoms with E-state index in [1.165, 1.54) is 6.42 Å². The maximum atomic E-state index is 8.44. The fraction of sp³-hybridized carbons (Fsp3) is 1.00. The van der Waals surface area contributed by atoms with Crippen molar-refractivity contribution >= 4 is 0 Å². The van der Waals surface area contributed by atoms with Crippen LogP contribution >= 0.6 is 0 Å². The molecule has 0 amide bonds. The van der Waals surface area contributed by atoms with Gasteiger partial charge in [-0.3, -0.25) is 0 Å². The molecule has 1 saturated heterocycles. The maximum Gasteiger partial charge on any atom is 0.0556 e. The monoisotopic (exact) mass is 130 g/mol. The Morgan fingerprint density at radius 3 is 3.11 bits per heavy atom. The molecule has 0 spiro atoms. The summed E-state index contributed by atoms with van der Waals surface area (Å²) < 4.78 is 0. The molecule has 1 rings (SSSR count). The molecule has 0 aromatic heterocycles. The molecule has 1 atom stereocenters. The second-order valence-electron chi connectivity index (χ2n) is 2.37. The van der Waals surface area contributed by atoms with Crippen molar-refractivity contribution in [2.24, 2.45) is 0 Å². The third-order valence-corrected chi connectivity index (χ3v) is 1.61. The lowest BCUT2D eigenvalue weighted by Crippen LogP contribution is -2.32. The molecule has 1 aliphatic rings. The van der Waals surface area contributed by atoms with Gasteiger partial charge in [0, 0.05) is 19.1 Å². The van der Waals surface area contributed by atoms with Crippen LogP contribution in [0.2, 0.25) is 0 Å². The highest BCUT2D eigenvalue weighted by Gasteiger charge is 2.11. The van der Waals surface area contributed by atoms with E-state index in [2.05, 4.69) is 10.6 Å². The van der Waals surface area contributed by atoms with Crippen molar-refractivity contribution in [3.63, 3.8) is 0 Å². The fourth-order valence-corrected chi connectivity index (χ4v) is 1.10. The summed E-state index contributed by atoms with van der Waals surface area (Å²) in [6, 6.07) is 0.595. The Morgan fingerprint density at radius 1 is 1.67 bits per heavy atom. The molecule has 0 aromatic rings. The second kappa shape index (κ2) is 3.82. The van der Waals surface area contributed by atoms with E-state index in [4.69, 9.17) is 5.11 Å². The van der Waals surface area contributed by atoms with Gasteiger partial charge in [-0.1, -0.05) is 0 Å². The molecule has 0 unspecified atom stereocenters. The van der Waals surface area contributed by atoms with Gasteiger partial charge in [0.25, 0.3) is 0 Å². The normalized spacial score (nSPS) is 27.0. The molecule has 3 nitrogen and oxygen atoms in total. The molecule has 1 aliphatic heterocycles. The molecular formula is C6H14N2O. The lowest BCUT2D eigenvalue weighted by Gasteiger charge is -2.07. The van der Waals surface area contributed by atoms with Crippen molar-refractivity contribution < 1.29 is 5.11 Å². The summed E-state index contributed by atoms with van der Waals surface area (Å²) in [6.07, 6.45) is 1.19. The van der Waals surface area contributed by atoms with Gasteiger partial charge in [0.05, 0.1) is 6.61 Å². The van der Waals surface area contributed by atoms with Gasteiger partial charge in [-0.15, -0.1) is 0 Å². The Kier molecular flexibility index (Phi) is 2.97. The van der Waals surface area contributed by atoms with Crippen molar-refractivity contribution in [1.82, 2.24) is 10.6 Å². The number of hydrogen-bond donors (Lipinski definition) is 3. The van der Waals surface area contributed by atoms with Gasteiger partial charge in [-0.05, 0) is 13.0 Å². The SMILES string of the molecule is OCCN[C@H]1CCNC1. The Balaban J connectivity index is 1.98. The van der Waals surface area contributed by atoms with Crippen molar-refractivity contribution in [2.75, 3.05) is 26.2 Å². The molecule has 0 saturated carbocycles. The molecule has 1 heterocycles. The third-order valence-electron chi connectivity index (χ3n) is 1.61. The largest absolute Gasteiger partial charge is 0.395 e. The minimum Gasteiger partial charge on any atom is -0.395 e. The standard InChI is InChI=1S/C6H14N2O/c9-4-3-8-6-1-2-7-5-6/h6-9H,1-5H2/t6-/m0/s1. The average molecular weight is 130 g/mol. The lowest BCUT2D eigenvalue weighted by molar-refractivity contribution is 0.285. The first-order chi connectivity index (χ1) is 4.43. The average Bonchev–Trinajstić information content (AvgIpc) is 2.34. The highest BCUT2D eigenvalue weighted by molar-refractivity contribution is 4.76. The lowest BCUT2D eigenvalue weighted by atomic mass is 10.3. The van der Waals surface area contributed by atoms with Crippen LogP contribution in [0.3, 0.4) is 0 Å². The zero-order chi connectivity index (χ0) is 6.53. The third kappa shape index (κ3) is 2.30. The van der Waals surface area contributed by atoms with Crippen LogP contribution in [-0.4, -0.2) is 37.4 Å². The summed E-state index contributed by atoms with van der Waals surface area (Å²) in [7, 11) is 0. The fourth-order valence-electron chi connectivity index (χ4n) is 1.10. The Labute approximate surface area is 55.5 Å². The van der Waals surface area contributed by atoms with E-state index in [0.29, 0.717) is 6.04 Å². The van der Waals surface area contributed by atoms with Crippen LogP contribution < -0.4 is 10.6 Å². The number of aliphatic hydroxyl groups is 1. The van der Waals surface area contributed by atoms with E-state index in [9.17, 15) is 0 Å². The highest BCUT2D eigenvalue weighted by Crippen LogP contribution is 1.94. The van der Waals surface area contributed by atoms with Crippen LogP contribution in [0, 0.1) is 0 Å². The zero-order valence-electron chi connectivity index (χ0n) is 5.56. The van der Waals surface area contributed by atoms with E-state index in [0.717, 1.165) is 19.6 Å². The Morgan fingerprint density at radius 2 is 2.56 bits per heavy atom. The van der Waals surface area contributed by atoms with Crippen LogP contribution in [0.5, 0.6) is 0 Å². The molecule has 54 valence electrons. The molecule has 0 aromatic carbocycles. The Hall–Kier alpha value is -0.120. The predicted molar refractivity (Wildman–Crippen MR) is 36.4 cm³/mol. The van der Waals surface area contributed by atoms with Gasteiger partial charge >= 0.3 is 0 Å². The molecular weight excluding hydrogens is 116 g/mol. The van der Waals surface area contributed by atoms with Crippen molar-refractivity contribution in [3.05, 3.63) is 0 Å². The topological polar surface area (TPSA) is 44.3 Å². The summed E-state index contributed by atoms with van der Waals surface area (Å²) >= 11 is 0. The van der Waals surface area contributed by atoms with E-state index in [1.807, 2.05) is 0 Å². The van der Waals surface area contributed by atoms with Crippen LogP contribution in [0.1, 0.15) is 6.42 Å². The molecule has 0 bridgehead atoms. The van der Waals surface area contributed by atoms with E-state index in [1.54, 1.807) is 0 Å². The zero-order valence-corrected chi connectivity index (χ0v) is 5.56. The highest BCUT2D eigenvalue weighted by atomic mass is 16.3. The summed E-state index contributed by atoms with van der Waals surface area (Å²) in [5.41, 5.74) is 0. The molecule has 3 heteroatoms. The molecule has 1 fully saturated rings. The summed E-state index contributed by atoms with van der Waals surface area (Å²) in [6.45, 7) is 3.14. The first-order valence-corrected chi connectivity index (χ1v) is 3.48. The van der Waals surface area contributed by atoms with Gasteiger partial charge in [-0.25, -0.2) is 0 Å². The molecule has 0 aliphatic carbocycles. The van der Waals surface area contributed by atoms with Crippen molar-refractivity contribution in [2.45, 2.75) is 12.5 Å². The predicted octanol–water partition coefficient (Wildman–Crippen LogP) is -1.07.